The predicted molar refractivity (Wildman–Crippen MR) is 82.5 cm³/mol. The van der Waals surface area contributed by atoms with E-state index in [1.165, 1.54) is 44.3 Å². The number of fused-ring (bicyclic) bond motifs is 1. The van der Waals surface area contributed by atoms with Gasteiger partial charge in [-0.3, -0.25) is 4.79 Å². The van der Waals surface area contributed by atoms with Crippen LogP contribution < -0.4 is 0 Å². The molecule has 1 nitrogen and oxygen atoms in total. The molecule has 1 saturated carbocycles. The summed E-state index contributed by atoms with van der Waals surface area (Å²) >= 11 is 2.08. The monoisotopic (exact) mass is 278 g/mol. The minimum Gasteiger partial charge on any atom is -0.298 e. The first-order valence-corrected chi connectivity index (χ1v) is 8.74. The average Bonchev–Trinajstić information content (AvgIpc) is 2.68. The van der Waals surface area contributed by atoms with Gasteiger partial charge < -0.3 is 0 Å². The van der Waals surface area contributed by atoms with Crippen LogP contribution in [0.25, 0.3) is 0 Å². The Balaban J connectivity index is 2.07. The molecule has 106 valence electrons. The summed E-state index contributed by atoms with van der Waals surface area (Å²) in [6.07, 6.45) is 7.95. The van der Waals surface area contributed by atoms with E-state index in [2.05, 4.69) is 39.5 Å². The largest absolute Gasteiger partial charge is 0.298 e. The van der Waals surface area contributed by atoms with Crippen molar-refractivity contribution >= 4 is 17.5 Å². The van der Waals surface area contributed by atoms with Gasteiger partial charge in [-0.25, -0.2) is 0 Å². The van der Waals surface area contributed by atoms with Gasteiger partial charge in [0.05, 0.1) is 4.75 Å². The summed E-state index contributed by atoms with van der Waals surface area (Å²) in [5.41, 5.74) is 3.03. The van der Waals surface area contributed by atoms with Gasteiger partial charge in [0.15, 0.2) is 0 Å². The van der Waals surface area contributed by atoms with Crippen LogP contribution in [-0.4, -0.2) is 16.3 Å². The number of hydrogen-bond donors (Lipinski definition) is 0. The fourth-order valence-corrected chi connectivity index (χ4v) is 7.16. The third-order valence-corrected chi connectivity index (χ3v) is 8.06. The van der Waals surface area contributed by atoms with Gasteiger partial charge in [-0.1, -0.05) is 51.7 Å². The van der Waals surface area contributed by atoms with E-state index < -0.39 is 0 Å². The molecule has 0 radical (unpaired) electrons. The fourth-order valence-electron chi connectivity index (χ4n) is 5.12. The normalized spacial score (nSPS) is 31.7. The van der Waals surface area contributed by atoms with Gasteiger partial charge in [0.25, 0.3) is 0 Å². The second-order valence-corrected chi connectivity index (χ2v) is 8.74. The number of thioether (sulfide) groups is 1. The SMILES string of the molecule is CC1(C)C(=O)C(C)(C)C12SCC1=C2CCCCCC1. The lowest BCUT2D eigenvalue weighted by Gasteiger charge is -2.64. The van der Waals surface area contributed by atoms with Crippen LogP contribution in [-0.2, 0) is 4.79 Å². The van der Waals surface area contributed by atoms with E-state index in [0.29, 0.717) is 5.78 Å². The van der Waals surface area contributed by atoms with Crippen LogP contribution in [0.15, 0.2) is 11.1 Å². The molecule has 1 fully saturated rings. The van der Waals surface area contributed by atoms with Crippen molar-refractivity contribution in [2.45, 2.75) is 71.0 Å². The molecule has 2 heteroatoms. The molecule has 0 aromatic heterocycles. The standard InChI is InChI=1S/C17H26OS/c1-15(2)14(18)16(3,4)17(15)13-10-8-6-5-7-9-12(13)11-19-17/h5-11H2,1-4H3. The van der Waals surface area contributed by atoms with Crippen LogP contribution in [0, 0.1) is 10.8 Å². The van der Waals surface area contributed by atoms with Crippen molar-refractivity contribution in [3.05, 3.63) is 11.1 Å². The summed E-state index contributed by atoms with van der Waals surface area (Å²) in [6, 6.07) is 0. The highest BCUT2D eigenvalue weighted by molar-refractivity contribution is 8.01. The highest BCUT2D eigenvalue weighted by Gasteiger charge is 2.74. The number of carbonyl (C=O) groups is 1. The molecule has 0 amide bonds. The average molecular weight is 278 g/mol. The molecule has 1 aliphatic heterocycles. The molecule has 0 aromatic rings. The van der Waals surface area contributed by atoms with Crippen LogP contribution in [0.1, 0.15) is 66.2 Å². The van der Waals surface area contributed by atoms with Crippen molar-refractivity contribution in [2.24, 2.45) is 10.8 Å². The van der Waals surface area contributed by atoms with Gasteiger partial charge in [0.2, 0.25) is 0 Å². The molecule has 3 aliphatic rings. The summed E-state index contributed by atoms with van der Waals surface area (Å²) < 4.78 is 0.101. The lowest BCUT2D eigenvalue weighted by Crippen LogP contribution is -2.72. The Bertz CT molecular complexity index is 438. The lowest BCUT2D eigenvalue weighted by atomic mass is 9.43. The smallest absolute Gasteiger partial charge is 0.147 e. The molecule has 19 heavy (non-hydrogen) atoms. The summed E-state index contributed by atoms with van der Waals surface area (Å²) in [5, 5.41) is 0. The van der Waals surface area contributed by atoms with Crippen molar-refractivity contribution < 1.29 is 4.79 Å². The van der Waals surface area contributed by atoms with Crippen molar-refractivity contribution in [1.82, 2.24) is 0 Å². The van der Waals surface area contributed by atoms with Crippen LogP contribution >= 0.6 is 11.8 Å². The Morgan fingerprint density at radius 3 is 2.11 bits per heavy atom. The Labute approximate surface area is 121 Å². The van der Waals surface area contributed by atoms with E-state index in [1.54, 1.807) is 11.1 Å². The third kappa shape index (κ3) is 1.47. The number of Topliss-reactive ketones (excluding diaryl/α,β-unsaturated/α-hetero) is 1. The molecule has 0 aromatic carbocycles. The molecular formula is C17H26OS. The minimum atomic E-state index is -0.169. The zero-order valence-corrected chi connectivity index (χ0v) is 13.6. The van der Waals surface area contributed by atoms with Gasteiger partial charge in [-0.15, -0.1) is 11.8 Å². The highest BCUT2D eigenvalue weighted by atomic mass is 32.2. The Hall–Kier alpha value is -0.240. The van der Waals surface area contributed by atoms with Gasteiger partial charge in [0, 0.05) is 16.6 Å². The van der Waals surface area contributed by atoms with Crippen LogP contribution in [0.4, 0.5) is 0 Å². The summed E-state index contributed by atoms with van der Waals surface area (Å²) in [4.78, 5) is 12.6. The first-order chi connectivity index (χ1) is 8.86. The zero-order valence-electron chi connectivity index (χ0n) is 12.8. The number of carbonyl (C=O) groups excluding carboxylic acids is 1. The molecule has 1 heterocycles. The molecular weight excluding hydrogens is 252 g/mol. The van der Waals surface area contributed by atoms with E-state index in [1.807, 2.05) is 0 Å². The number of rotatable bonds is 0. The quantitative estimate of drug-likeness (QED) is 0.594. The van der Waals surface area contributed by atoms with E-state index in [9.17, 15) is 4.79 Å². The zero-order chi connectivity index (χ0) is 13.9. The highest BCUT2D eigenvalue weighted by Crippen LogP contribution is 2.72. The van der Waals surface area contributed by atoms with E-state index in [4.69, 9.17) is 0 Å². The summed E-state index contributed by atoms with van der Waals surface area (Å²) in [7, 11) is 0. The number of ketones is 1. The third-order valence-electron chi connectivity index (χ3n) is 5.87. The fraction of sp³-hybridized carbons (Fsp3) is 0.824. The molecule has 2 aliphatic carbocycles. The summed E-state index contributed by atoms with van der Waals surface area (Å²) in [5.74, 6) is 1.64. The number of hydrogen-bond acceptors (Lipinski definition) is 2. The molecule has 0 atom stereocenters. The summed E-state index contributed by atoms with van der Waals surface area (Å²) in [6.45, 7) is 8.73. The van der Waals surface area contributed by atoms with E-state index in [-0.39, 0.29) is 15.6 Å². The minimum absolute atomic E-state index is 0.101. The lowest BCUT2D eigenvalue weighted by molar-refractivity contribution is -0.156. The van der Waals surface area contributed by atoms with Gasteiger partial charge in [-0.05, 0) is 25.7 Å². The van der Waals surface area contributed by atoms with Gasteiger partial charge >= 0.3 is 0 Å². The first kappa shape index (κ1) is 13.7. The molecule has 1 spiro atoms. The predicted octanol–water partition coefficient (Wildman–Crippen LogP) is 4.76. The van der Waals surface area contributed by atoms with Crippen molar-refractivity contribution in [3.8, 4) is 0 Å². The van der Waals surface area contributed by atoms with Crippen LogP contribution in [0.5, 0.6) is 0 Å². The second-order valence-electron chi connectivity index (χ2n) is 7.55. The van der Waals surface area contributed by atoms with Crippen molar-refractivity contribution in [2.75, 3.05) is 5.75 Å². The first-order valence-electron chi connectivity index (χ1n) is 7.76. The van der Waals surface area contributed by atoms with Crippen LogP contribution in [0.2, 0.25) is 0 Å². The molecule has 0 saturated heterocycles. The Morgan fingerprint density at radius 1 is 0.895 bits per heavy atom. The maximum atomic E-state index is 12.6. The molecule has 3 rings (SSSR count). The molecule has 0 bridgehead atoms. The van der Waals surface area contributed by atoms with Crippen molar-refractivity contribution in [1.29, 1.82) is 0 Å². The Kier molecular flexibility index (Phi) is 2.98. The molecule has 0 unspecified atom stereocenters. The van der Waals surface area contributed by atoms with Crippen molar-refractivity contribution in [3.63, 3.8) is 0 Å². The molecule has 0 N–H and O–H groups in total. The van der Waals surface area contributed by atoms with Crippen LogP contribution in [0.3, 0.4) is 0 Å². The topological polar surface area (TPSA) is 17.1 Å². The van der Waals surface area contributed by atoms with Gasteiger partial charge in [-0.2, -0.15) is 0 Å². The maximum Gasteiger partial charge on any atom is 0.147 e. The van der Waals surface area contributed by atoms with Gasteiger partial charge in [0.1, 0.15) is 5.78 Å². The van der Waals surface area contributed by atoms with E-state index in [0.717, 1.165) is 0 Å². The Morgan fingerprint density at radius 2 is 1.47 bits per heavy atom. The maximum absolute atomic E-state index is 12.6. The van der Waals surface area contributed by atoms with E-state index >= 15 is 0 Å². The second kappa shape index (κ2) is 4.13.